The van der Waals surface area contributed by atoms with Crippen LogP contribution in [-0.4, -0.2) is 42.2 Å². The zero-order valence-corrected chi connectivity index (χ0v) is 12.2. The van der Waals surface area contributed by atoms with Gasteiger partial charge in [0.05, 0.1) is 12.1 Å². The Bertz CT molecular complexity index is 573. The molecule has 1 N–H and O–H groups in total. The van der Waals surface area contributed by atoms with Crippen LogP contribution in [0.1, 0.15) is 13.3 Å². The molecule has 21 heavy (non-hydrogen) atoms. The highest BCUT2D eigenvalue weighted by Crippen LogP contribution is 2.30. The predicted octanol–water partition coefficient (Wildman–Crippen LogP) is 2.34. The minimum Gasteiger partial charge on any atom is -0.423 e. The van der Waals surface area contributed by atoms with Crippen molar-refractivity contribution in [2.45, 2.75) is 31.6 Å². The Morgan fingerprint density at radius 1 is 1.43 bits per heavy atom. The van der Waals surface area contributed by atoms with E-state index in [2.05, 4.69) is 15.5 Å². The van der Waals surface area contributed by atoms with Crippen molar-refractivity contribution in [2.24, 2.45) is 0 Å². The van der Waals surface area contributed by atoms with E-state index >= 15 is 0 Å². The summed E-state index contributed by atoms with van der Waals surface area (Å²) in [5.74, 6) is 0.516. The molecule has 1 saturated carbocycles. The highest BCUT2D eigenvalue weighted by molar-refractivity contribution is 5.61. The molecule has 0 radical (unpaired) electrons. The molecule has 3 unspecified atom stereocenters. The van der Waals surface area contributed by atoms with Gasteiger partial charge >= 0.3 is 0 Å². The Morgan fingerprint density at radius 2 is 2.33 bits per heavy atom. The highest BCUT2D eigenvalue weighted by atomic mass is 16.5. The lowest BCUT2D eigenvalue weighted by molar-refractivity contribution is -0.118. The average molecular weight is 289 g/mol. The molecule has 0 saturated heterocycles. The Kier molecular flexibility index (Phi) is 4.17. The third-order valence-electron chi connectivity index (χ3n) is 3.72. The topological polar surface area (TPSA) is 69.4 Å². The lowest BCUT2D eigenvalue weighted by Gasteiger charge is -2.43. The van der Waals surface area contributed by atoms with Crippen LogP contribution in [0.2, 0.25) is 0 Å². The standard InChI is InChI=1S/C15H19N3O3/c1-3-20-13-8-12(14(13)19-2)17-11-6-4-5-10(7-11)15-18-16-9-21-15/h4-7,9,12-14,17H,3,8H2,1-2H3. The molecule has 0 amide bonds. The Morgan fingerprint density at radius 3 is 3.05 bits per heavy atom. The van der Waals surface area contributed by atoms with Crippen LogP contribution in [-0.2, 0) is 9.47 Å². The molecule has 1 aliphatic carbocycles. The van der Waals surface area contributed by atoms with Crippen LogP contribution < -0.4 is 5.32 Å². The summed E-state index contributed by atoms with van der Waals surface area (Å²) in [7, 11) is 1.72. The minimum absolute atomic E-state index is 0.0806. The molecule has 0 bridgehead atoms. The van der Waals surface area contributed by atoms with Crippen molar-refractivity contribution in [2.75, 3.05) is 19.0 Å². The van der Waals surface area contributed by atoms with E-state index in [1.165, 1.54) is 6.39 Å². The van der Waals surface area contributed by atoms with Crippen LogP contribution in [0.25, 0.3) is 11.5 Å². The largest absolute Gasteiger partial charge is 0.423 e. The lowest BCUT2D eigenvalue weighted by Crippen LogP contribution is -2.56. The van der Waals surface area contributed by atoms with E-state index in [4.69, 9.17) is 13.9 Å². The van der Waals surface area contributed by atoms with Gasteiger partial charge in [-0.25, -0.2) is 0 Å². The first kappa shape index (κ1) is 14.0. The molecule has 3 rings (SSSR count). The molecule has 0 aliphatic heterocycles. The second-order valence-corrected chi connectivity index (χ2v) is 5.01. The average Bonchev–Trinajstić information content (AvgIpc) is 3.01. The van der Waals surface area contributed by atoms with Crippen LogP contribution in [0.3, 0.4) is 0 Å². The van der Waals surface area contributed by atoms with E-state index in [9.17, 15) is 0 Å². The molecule has 1 aromatic carbocycles. The van der Waals surface area contributed by atoms with Gasteiger partial charge in [-0.05, 0) is 31.5 Å². The number of hydrogen-bond donors (Lipinski definition) is 1. The molecule has 6 nitrogen and oxygen atoms in total. The summed E-state index contributed by atoms with van der Waals surface area (Å²) in [5.41, 5.74) is 1.90. The van der Waals surface area contributed by atoms with Crippen LogP contribution in [0.5, 0.6) is 0 Å². The van der Waals surface area contributed by atoms with Gasteiger partial charge in [0, 0.05) is 25.0 Å². The monoisotopic (exact) mass is 289 g/mol. The first-order valence-electron chi connectivity index (χ1n) is 7.09. The van der Waals surface area contributed by atoms with E-state index in [1.807, 2.05) is 31.2 Å². The van der Waals surface area contributed by atoms with Gasteiger partial charge in [-0.15, -0.1) is 10.2 Å². The summed E-state index contributed by atoms with van der Waals surface area (Å²) in [6.45, 7) is 2.71. The maximum atomic E-state index is 5.63. The number of anilines is 1. The van der Waals surface area contributed by atoms with Crippen molar-refractivity contribution in [3.8, 4) is 11.5 Å². The molecule has 2 aromatic rings. The molecule has 1 aliphatic rings. The van der Waals surface area contributed by atoms with Crippen molar-refractivity contribution in [1.29, 1.82) is 0 Å². The van der Waals surface area contributed by atoms with E-state index in [0.29, 0.717) is 12.5 Å². The van der Waals surface area contributed by atoms with Crippen molar-refractivity contribution in [3.63, 3.8) is 0 Å². The van der Waals surface area contributed by atoms with Crippen LogP contribution in [0.4, 0.5) is 5.69 Å². The Labute approximate surface area is 123 Å². The zero-order chi connectivity index (χ0) is 14.7. The number of nitrogens with one attached hydrogen (secondary N) is 1. The van der Waals surface area contributed by atoms with Crippen molar-refractivity contribution >= 4 is 5.69 Å². The minimum atomic E-state index is 0.0806. The second-order valence-electron chi connectivity index (χ2n) is 5.01. The van der Waals surface area contributed by atoms with E-state index in [0.717, 1.165) is 17.7 Å². The van der Waals surface area contributed by atoms with Crippen molar-refractivity contribution < 1.29 is 13.9 Å². The highest BCUT2D eigenvalue weighted by Gasteiger charge is 2.42. The normalized spacial score (nSPS) is 24.6. The van der Waals surface area contributed by atoms with E-state index in [1.54, 1.807) is 7.11 Å². The van der Waals surface area contributed by atoms with Gasteiger partial charge in [0.1, 0.15) is 6.10 Å². The summed E-state index contributed by atoms with van der Waals surface area (Å²) in [6, 6.07) is 8.16. The first-order chi connectivity index (χ1) is 10.3. The fourth-order valence-electron chi connectivity index (χ4n) is 2.67. The van der Waals surface area contributed by atoms with E-state index in [-0.39, 0.29) is 18.2 Å². The second kappa shape index (κ2) is 6.24. The quantitative estimate of drug-likeness (QED) is 0.880. The summed E-state index contributed by atoms with van der Waals surface area (Å²) in [6.07, 6.45) is 2.53. The van der Waals surface area contributed by atoms with Gasteiger partial charge in [-0.3, -0.25) is 0 Å². The van der Waals surface area contributed by atoms with Crippen molar-refractivity contribution in [1.82, 2.24) is 10.2 Å². The maximum absolute atomic E-state index is 5.63. The van der Waals surface area contributed by atoms with Crippen LogP contribution in [0.15, 0.2) is 35.1 Å². The first-order valence-corrected chi connectivity index (χ1v) is 7.09. The molecule has 1 fully saturated rings. The summed E-state index contributed by atoms with van der Waals surface area (Å²) >= 11 is 0. The number of aromatic nitrogens is 2. The molecular formula is C15H19N3O3. The zero-order valence-electron chi connectivity index (χ0n) is 12.2. The molecule has 0 spiro atoms. The Hall–Kier alpha value is -1.92. The smallest absolute Gasteiger partial charge is 0.247 e. The Balaban J connectivity index is 1.67. The lowest BCUT2D eigenvalue weighted by atomic mass is 9.85. The van der Waals surface area contributed by atoms with Gasteiger partial charge < -0.3 is 19.2 Å². The molecule has 3 atom stereocenters. The number of ether oxygens (including phenoxy) is 2. The maximum Gasteiger partial charge on any atom is 0.247 e. The summed E-state index contributed by atoms with van der Waals surface area (Å²) < 4.78 is 16.4. The predicted molar refractivity (Wildman–Crippen MR) is 78.0 cm³/mol. The molecular weight excluding hydrogens is 270 g/mol. The van der Waals surface area contributed by atoms with Crippen molar-refractivity contribution in [3.05, 3.63) is 30.7 Å². The molecule has 6 heteroatoms. The molecule has 1 heterocycles. The number of rotatable bonds is 6. The van der Waals surface area contributed by atoms with Gasteiger partial charge in [0.2, 0.25) is 12.3 Å². The third-order valence-corrected chi connectivity index (χ3v) is 3.72. The summed E-state index contributed by atoms with van der Waals surface area (Å²) in [4.78, 5) is 0. The van der Waals surface area contributed by atoms with Crippen LogP contribution in [0, 0.1) is 0 Å². The fraction of sp³-hybridized carbons (Fsp3) is 0.467. The molecule has 1 aromatic heterocycles. The number of hydrogen-bond acceptors (Lipinski definition) is 6. The number of nitrogens with zero attached hydrogens (tertiary/aromatic N) is 2. The van der Waals surface area contributed by atoms with Gasteiger partial charge in [0.15, 0.2) is 0 Å². The molecule has 112 valence electrons. The SMILES string of the molecule is CCOC1CC(Nc2cccc(-c3nnco3)c2)C1OC. The van der Waals surface area contributed by atoms with Gasteiger partial charge in [-0.1, -0.05) is 6.07 Å². The van der Waals surface area contributed by atoms with Gasteiger partial charge in [-0.2, -0.15) is 0 Å². The van der Waals surface area contributed by atoms with E-state index < -0.39 is 0 Å². The summed E-state index contributed by atoms with van der Waals surface area (Å²) in [5, 5.41) is 11.1. The number of methoxy groups -OCH3 is 1. The third kappa shape index (κ3) is 2.91. The van der Waals surface area contributed by atoms with Crippen LogP contribution >= 0.6 is 0 Å². The number of benzene rings is 1. The fourth-order valence-corrected chi connectivity index (χ4v) is 2.67. The van der Waals surface area contributed by atoms with Gasteiger partial charge in [0.25, 0.3) is 0 Å².